The van der Waals surface area contributed by atoms with Crippen molar-refractivity contribution < 1.29 is 18.7 Å². The van der Waals surface area contributed by atoms with Gasteiger partial charge in [-0.15, -0.1) is 0 Å². The highest BCUT2D eigenvalue weighted by Gasteiger charge is 2.27. The second kappa shape index (κ2) is 7.47. The summed E-state index contributed by atoms with van der Waals surface area (Å²) in [6.45, 7) is -0.194. The number of carbonyl (C=O) groups excluding carboxylic acids is 1. The smallest absolute Gasteiger partial charge is 0.270 e. The number of anilines is 1. The van der Waals surface area contributed by atoms with Crippen molar-refractivity contribution in [2.24, 2.45) is 0 Å². The predicted molar refractivity (Wildman–Crippen MR) is 96.5 cm³/mol. The highest BCUT2D eigenvalue weighted by molar-refractivity contribution is 6.07. The van der Waals surface area contributed by atoms with Gasteiger partial charge in [0.25, 0.3) is 5.91 Å². The Hall–Kier alpha value is -3.14. The van der Waals surface area contributed by atoms with Gasteiger partial charge in [0, 0.05) is 12.1 Å². The Balaban J connectivity index is 1.57. The molecule has 2 atom stereocenters. The zero-order valence-electron chi connectivity index (χ0n) is 14.7. The van der Waals surface area contributed by atoms with Crippen molar-refractivity contribution in [2.45, 2.75) is 38.0 Å². The monoisotopic (exact) mass is 388 g/mol. The van der Waals surface area contributed by atoms with Crippen molar-refractivity contribution in [2.75, 3.05) is 5.32 Å². The number of H-pyrrole nitrogens is 1. The number of nitrogens with zero attached hydrogens (tertiary/aromatic N) is 3. The summed E-state index contributed by atoms with van der Waals surface area (Å²) in [5.41, 5.74) is 0.412. The molecule has 1 aliphatic rings. The maximum atomic E-state index is 13.8. The van der Waals surface area contributed by atoms with E-state index in [1.54, 1.807) is 0 Å². The van der Waals surface area contributed by atoms with E-state index in [1.807, 2.05) is 0 Å². The first-order valence-corrected chi connectivity index (χ1v) is 8.88. The van der Waals surface area contributed by atoms with E-state index < -0.39 is 23.6 Å². The zero-order valence-corrected chi connectivity index (χ0v) is 14.7. The van der Waals surface area contributed by atoms with Crippen LogP contribution in [0.3, 0.4) is 0 Å². The average molecular weight is 388 g/mol. The van der Waals surface area contributed by atoms with Crippen LogP contribution >= 0.6 is 0 Å². The standard InChI is InChI=1S/C18H18F2N6O2/c19-10-4-5-11(20)9(6-10)7-21-18(28)15-14-16(22-8-23-17(14)26-25-15)24-12-2-1-3-13(12)27/h4-6,8,12-13,27H,1-3,7H2,(H,21,28)(H2,22,23,24,25,26)/t12-,13-/m0/s1. The van der Waals surface area contributed by atoms with Crippen LogP contribution in [-0.2, 0) is 6.54 Å². The van der Waals surface area contributed by atoms with E-state index >= 15 is 0 Å². The van der Waals surface area contributed by atoms with Gasteiger partial charge in [-0.2, -0.15) is 5.10 Å². The Morgan fingerprint density at radius 2 is 2.14 bits per heavy atom. The Morgan fingerprint density at radius 1 is 1.29 bits per heavy atom. The fourth-order valence-electron chi connectivity index (χ4n) is 3.36. The van der Waals surface area contributed by atoms with Gasteiger partial charge in [0.1, 0.15) is 29.5 Å². The molecule has 10 heteroatoms. The van der Waals surface area contributed by atoms with Gasteiger partial charge in [-0.1, -0.05) is 0 Å². The van der Waals surface area contributed by atoms with Crippen LogP contribution in [0.25, 0.3) is 11.0 Å². The molecule has 1 fully saturated rings. The first-order valence-electron chi connectivity index (χ1n) is 8.88. The molecule has 3 aromatic rings. The summed E-state index contributed by atoms with van der Waals surface area (Å²) in [5.74, 6) is -1.38. The molecule has 1 aromatic carbocycles. The molecule has 2 aromatic heterocycles. The Labute approximate surface area is 158 Å². The average Bonchev–Trinajstić information content (AvgIpc) is 3.29. The van der Waals surface area contributed by atoms with Crippen LogP contribution in [0.2, 0.25) is 0 Å². The highest BCUT2D eigenvalue weighted by atomic mass is 19.1. The molecule has 28 heavy (non-hydrogen) atoms. The van der Waals surface area contributed by atoms with Crippen LogP contribution in [0, 0.1) is 11.6 Å². The van der Waals surface area contributed by atoms with Gasteiger partial charge in [-0.05, 0) is 37.5 Å². The number of halogens is 2. The Kier molecular flexibility index (Phi) is 4.86. The van der Waals surface area contributed by atoms with Gasteiger partial charge in [0.2, 0.25) is 0 Å². The van der Waals surface area contributed by atoms with Crippen LogP contribution in [0.15, 0.2) is 24.5 Å². The van der Waals surface area contributed by atoms with Gasteiger partial charge in [-0.3, -0.25) is 9.89 Å². The molecule has 1 saturated carbocycles. The van der Waals surface area contributed by atoms with Crippen molar-refractivity contribution >= 4 is 22.8 Å². The lowest BCUT2D eigenvalue weighted by Crippen LogP contribution is -2.29. The third kappa shape index (κ3) is 3.50. The Morgan fingerprint density at radius 3 is 2.93 bits per heavy atom. The van der Waals surface area contributed by atoms with Gasteiger partial charge in [0.15, 0.2) is 5.65 Å². The summed E-state index contributed by atoms with van der Waals surface area (Å²) >= 11 is 0. The first-order chi connectivity index (χ1) is 13.5. The van der Waals surface area contributed by atoms with E-state index in [9.17, 15) is 18.7 Å². The largest absolute Gasteiger partial charge is 0.391 e. The van der Waals surface area contributed by atoms with Crippen molar-refractivity contribution in [3.63, 3.8) is 0 Å². The maximum absolute atomic E-state index is 13.8. The van der Waals surface area contributed by atoms with E-state index in [1.165, 1.54) is 6.33 Å². The zero-order chi connectivity index (χ0) is 19.7. The minimum Gasteiger partial charge on any atom is -0.391 e. The summed E-state index contributed by atoms with van der Waals surface area (Å²) in [7, 11) is 0. The van der Waals surface area contributed by atoms with Crippen LogP contribution in [0.5, 0.6) is 0 Å². The molecule has 4 rings (SSSR count). The van der Waals surface area contributed by atoms with E-state index in [0.717, 1.165) is 31.0 Å². The maximum Gasteiger partial charge on any atom is 0.270 e. The van der Waals surface area contributed by atoms with Gasteiger partial charge >= 0.3 is 0 Å². The molecule has 0 bridgehead atoms. The number of hydrogen-bond donors (Lipinski definition) is 4. The SMILES string of the molecule is O=C(NCc1cc(F)ccc1F)c1[nH]nc2ncnc(N[C@H]3CCC[C@@H]3O)c12. The van der Waals surface area contributed by atoms with E-state index in [-0.39, 0.29) is 29.5 Å². The predicted octanol–water partition coefficient (Wildman–Crippen LogP) is 1.89. The normalized spacial score (nSPS) is 19.1. The lowest BCUT2D eigenvalue weighted by Gasteiger charge is -2.17. The molecule has 4 N–H and O–H groups in total. The third-order valence-corrected chi connectivity index (χ3v) is 4.83. The van der Waals surface area contributed by atoms with Gasteiger partial charge < -0.3 is 15.7 Å². The number of hydrogen-bond acceptors (Lipinski definition) is 6. The molecule has 8 nitrogen and oxygen atoms in total. The van der Waals surface area contributed by atoms with Gasteiger partial charge in [-0.25, -0.2) is 18.7 Å². The lowest BCUT2D eigenvalue weighted by atomic mass is 10.2. The molecular formula is C18H18F2N6O2. The fraction of sp³-hybridized carbons (Fsp3) is 0.333. The number of aromatic nitrogens is 4. The number of benzene rings is 1. The number of fused-ring (bicyclic) bond motifs is 1. The van der Waals surface area contributed by atoms with Crippen LogP contribution in [0.4, 0.5) is 14.6 Å². The molecule has 0 aliphatic heterocycles. The molecule has 146 valence electrons. The molecule has 1 amide bonds. The fourth-order valence-corrected chi connectivity index (χ4v) is 3.36. The summed E-state index contributed by atoms with van der Waals surface area (Å²) in [5, 5.41) is 22.7. The molecule has 2 heterocycles. The lowest BCUT2D eigenvalue weighted by molar-refractivity contribution is 0.0947. The molecule has 0 saturated heterocycles. The minimum atomic E-state index is -0.614. The van der Waals surface area contributed by atoms with Crippen LogP contribution in [0.1, 0.15) is 35.3 Å². The Bertz CT molecular complexity index is 1020. The molecule has 0 unspecified atom stereocenters. The molecule has 0 radical (unpaired) electrons. The summed E-state index contributed by atoms with van der Waals surface area (Å²) in [6, 6.07) is 2.87. The molecule has 0 spiro atoms. The number of aliphatic hydroxyl groups excluding tert-OH is 1. The number of aromatic amines is 1. The van der Waals surface area contributed by atoms with E-state index in [2.05, 4.69) is 30.8 Å². The summed E-state index contributed by atoms with van der Waals surface area (Å²) < 4.78 is 27.0. The number of aliphatic hydroxyl groups is 1. The second-order valence-corrected chi connectivity index (χ2v) is 6.69. The minimum absolute atomic E-state index is 0.0286. The number of rotatable bonds is 5. The van der Waals surface area contributed by atoms with Crippen molar-refractivity contribution in [3.05, 3.63) is 47.4 Å². The van der Waals surface area contributed by atoms with Crippen molar-refractivity contribution in [3.8, 4) is 0 Å². The third-order valence-electron chi connectivity index (χ3n) is 4.83. The number of nitrogens with one attached hydrogen (secondary N) is 3. The number of amides is 1. The quantitative estimate of drug-likeness (QED) is 0.531. The summed E-state index contributed by atoms with van der Waals surface area (Å²) in [4.78, 5) is 20.8. The van der Waals surface area contributed by atoms with Crippen LogP contribution in [-0.4, -0.2) is 43.3 Å². The summed E-state index contributed by atoms with van der Waals surface area (Å²) in [6.07, 6.45) is 3.20. The first kappa shape index (κ1) is 18.2. The molecule has 1 aliphatic carbocycles. The molecular weight excluding hydrogens is 370 g/mol. The topological polar surface area (TPSA) is 116 Å². The van der Waals surface area contributed by atoms with Crippen LogP contribution < -0.4 is 10.6 Å². The van der Waals surface area contributed by atoms with Crippen molar-refractivity contribution in [1.82, 2.24) is 25.5 Å². The van der Waals surface area contributed by atoms with E-state index in [4.69, 9.17) is 0 Å². The highest BCUT2D eigenvalue weighted by Crippen LogP contribution is 2.27. The van der Waals surface area contributed by atoms with E-state index in [0.29, 0.717) is 17.6 Å². The second-order valence-electron chi connectivity index (χ2n) is 6.69. The van der Waals surface area contributed by atoms with Gasteiger partial charge in [0.05, 0.1) is 17.5 Å². The number of carbonyl (C=O) groups is 1. The van der Waals surface area contributed by atoms with Crippen molar-refractivity contribution in [1.29, 1.82) is 0 Å².